The van der Waals surface area contributed by atoms with Crippen LogP contribution in [0.4, 0.5) is 0 Å². The first-order valence-corrected chi connectivity index (χ1v) is 17.7. The molecule has 6 aliphatic rings. The summed E-state index contributed by atoms with van der Waals surface area (Å²) in [6, 6.07) is 11.9. The Labute approximate surface area is 278 Å². The molecule has 2 N–H and O–H groups in total. The highest BCUT2D eigenvalue weighted by Crippen LogP contribution is 2.65. The quantitative estimate of drug-likeness (QED) is 0.322. The normalized spacial score (nSPS) is 31.6. The van der Waals surface area contributed by atoms with Gasteiger partial charge in [-0.05, 0) is 73.8 Å². The van der Waals surface area contributed by atoms with E-state index in [0.717, 1.165) is 37.7 Å². The number of amides is 2. The van der Waals surface area contributed by atoms with E-state index in [1.54, 1.807) is 12.3 Å². The van der Waals surface area contributed by atoms with Crippen LogP contribution in [-0.4, -0.2) is 64.2 Å². The maximum absolute atomic E-state index is 14.4. The zero-order valence-corrected chi connectivity index (χ0v) is 28.5. The lowest BCUT2D eigenvalue weighted by Gasteiger charge is -2.64. The molecule has 2 aliphatic heterocycles. The van der Waals surface area contributed by atoms with Crippen molar-refractivity contribution in [3.63, 3.8) is 0 Å². The fourth-order valence-electron chi connectivity index (χ4n) is 9.19. The topological polar surface area (TPSA) is 116 Å². The molecule has 47 heavy (non-hydrogen) atoms. The van der Waals surface area contributed by atoms with Crippen molar-refractivity contribution in [2.45, 2.75) is 122 Å². The molecule has 2 amide bonds. The number of oxime groups is 1. The van der Waals surface area contributed by atoms with Crippen molar-refractivity contribution in [1.82, 2.24) is 20.4 Å². The number of aromatic nitrogens is 2. The number of carbonyl (C=O) groups is 2. The van der Waals surface area contributed by atoms with Crippen molar-refractivity contribution in [1.29, 1.82) is 0 Å². The molecule has 1 saturated heterocycles. The highest BCUT2D eigenvalue weighted by molar-refractivity contribution is 6.48. The Morgan fingerprint density at radius 1 is 1.09 bits per heavy atom. The Hall–Kier alpha value is -3.18. The summed E-state index contributed by atoms with van der Waals surface area (Å²) in [5.41, 5.74) is 0.741. The van der Waals surface area contributed by atoms with Gasteiger partial charge in [-0.25, -0.2) is 0 Å². The molecule has 1 aromatic heterocycles. The lowest BCUT2D eigenvalue weighted by Crippen LogP contribution is -2.65. The van der Waals surface area contributed by atoms with Gasteiger partial charge in [0, 0.05) is 19.0 Å². The number of hydrogen-bond donors (Lipinski definition) is 2. The van der Waals surface area contributed by atoms with Crippen LogP contribution in [0.25, 0.3) is 0 Å². The van der Waals surface area contributed by atoms with Gasteiger partial charge in [-0.2, -0.15) is 5.10 Å². The van der Waals surface area contributed by atoms with Crippen molar-refractivity contribution in [3.8, 4) is 0 Å². The number of nitrogens with zero attached hydrogens (tertiary/aromatic N) is 3. The van der Waals surface area contributed by atoms with Crippen LogP contribution in [0.3, 0.4) is 0 Å². The maximum atomic E-state index is 14.4. The summed E-state index contributed by atoms with van der Waals surface area (Å²) in [6.07, 6.45) is 9.56. The summed E-state index contributed by atoms with van der Waals surface area (Å²) in [5.74, 6) is 0.596. The Morgan fingerprint density at radius 3 is 2.57 bits per heavy atom. The number of rotatable bonds is 11. The van der Waals surface area contributed by atoms with E-state index in [2.05, 4.69) is 55.5 Å². The minimum atomic E-state index is -1.26. The van der Waals surface area contributed by atoms with E-state index in [4.69, 9.17) is 14.1 Å². The van der Waals surface area contributed by atoms with Crippen LogP contribution in [0.1, 0.15) is 108 Å². The highest BCUT2D eigenvalue weighted by atomic mass is 16.7. The Morgan fingerprint density at radius 2 is 1.85 bits per heavy atom. The molecule has 5 fully saturated rings. The molecule has 3 heterocycles. The molecule has 1 unspecified atom stereocenters. The molecule has 4 saturated carbocycles. The van der Waals surface area contributed by atoms with E-state index in [9.17, 15) is 9.59 Å². The van der Waals surface area contributed by atoms with E-state index < -0.39 is 12.7 Å². The second-order valence-electron chi connectivity index (χ2n) is 15.9. The van der Waals surface area contributed by atoms with Gasteiger partial charge in [0.2, 0.25) is 5.60 Å². The molecule has 0 radical (unpaired) electrons. The van der Waals surface area contributed by atoms with Gasteiger partial charge in [-0.1, -0.05) is 76.0 Å². The second kappa shape index (κ2) is 12.4. The fraction of sp³-hybridized carbons (Fsp3) is 0.667. The number of carbonyl (C=O) groups excluding carboxylic acids is 2. The van der Waals surface area contributed by atoms with Gasteiger partial charge in [-0.3, -0.25) is 14.3 Å². The molecule has 8 rings (SSSR count). The van der Waals surface area contributed by atoms with Gasteiger partial charge in [0.15, 0.2) is 0 Å². The van der Waals surface area contributed by atoms with Crippen LogP contribution in [0.2, 0.25) is 0 Å². The average molecular weight is 644 g/mol. The van der Waals surface area contributed by atoms with Crippen molar-refractivity contribution < 1.29 is 23.7 Å². The number of hydrogen-bond acceptors (Lipinski definition) is 7. The third-order valence-corrected chi connectivity index (χ3v) is 12.0. The van der Waals surface area contributed by atoms with Crippen molar-refractivity contribution in [2.24, 2.45) is 28.3 Å². The lowest BCUT2D eigenvalue weighted by molar-refractivity contribution is -0.199. The third-order valence-electron chi connectivity index (χ3n) is 12.0. The molecule has 252 valence electrons. The maximum Gasteiger partial charge on any atom is 0.481 e. The van der Waals surface area contributed by atoms with Crippen molar-refractivity contribution in [3.05, 3.63) is 53.9 Å². The minimum absolute atomic E-state index is 0.0281. The zero-order valence-electron chi connectivity index (χ0n) is 28.5. The molecule has 2 bridgehead atoms. The predicted molar refractivity (Wildman–Crippen MR) is 180 cm³/mol. The Balaban J connectivity index is 1.06. The summed E-state index contributed by atoms with van der Waals surface area (Å²) in [4.78, 5) is 33.8. The SMILES string of the molecule is CC(C)C[C@H](NC(=O)C1(Cc2ccccc2)CC(CNC(=O)c2ccnn2C2CCCC2)=NO1)B1O[C@@H]2C[C@@H]3C[C@@H](C3(C)C)[C@]2(C)O1. The highest BCUT2D eigenvalue weighted by Gasteiger charge is 2.68. The molecule has 11 heteroatoms. The number of benzene rings is 1. The van der Waals surface area contributed by atoms with Crippen LogP contribution in [0, 0.1) is 23.2 Å². The molecular formula is C36H50BN5O5. The van der Waals surface area contributed by atoms with Gasteiger partial charge in [0.25, 0.3) is 11.8 Å². The molecule has 0 spiro atoms. The smallest absolute Gasteiger partial charge is 0.404 e. The van der Waals surface area contributed by atoms with Crippen LogP contribution in [0.5, 0.6) is 0 Å². The van der Waals surface area contributed by atoms with Crippen molar-refractivity contribution >= 4 is 24.6 Å². The summed E-state index contributed by atoms with van der Waals surface area (Å²) in [6.45, 7) is 11.4. The first-order chi connectivity index (χ1) is 22.5. The van der Waals surface area contributed by atoms with E-state index in [0.29, 0.717) is 42.0 Å². The molecule has 2 aromatic rings. The van der Waals surface area contributed by atoms with E-state index >= 15 is 0 Å². The van der Waals surface area contributed by atoms with E-state index in [1.165, 1.54) is 6.42 Å². The largest absolute Gasteiger partial charge is 0.481 e. The van der Waals surface area contributed by atoms with Gasteiger partial charge in [-0.15, -0.1) is 0 Å². The summed E-state index contributed by atoms with van der Waals surface area (Å²) < 4.78 is 15.3. The second-order valence-corrected chi connectivity index (χ2v) is 15.9. The lowest BCUT2D eigenvalue weighted by atomic mass is 9.43. The summed E-state index contributed by atoms with van der Waals surface area (Å²) in [5, 5.41) is 15.2. The third kappa shape index (κ3) is 5.92. The first kappa shape index (κ1) is 32.4. The van der Waals surface area contributed by atoms with Crippen LogP contribution in [0.15, 0.2) is 47.8 Å². The van der Waals surface area contributed by atoms with E-state index in [-0.39, 0.29) is 53.9 Å². The van der Waals surface area contributed by atoms with Crippen molar-refractivity contribution in [2.75, 3.05) is 6.54 Å². The van der Waals surface area contributed by atoms with Gasteiger partial charge < -0.3 is 24.8 Å². The number of nitrogens with one attached hydrogen (secondary N) is 2. The molecule has 4 aliphatic carbocycles. The Kier molecular flexibility index (Phi) is 8.52. The average Bonchev–Trinajstić information content (AvgIpc) is 3.85. The summed E-state index contributed by atoms with van der Waals surface area (Å²) in [7, 11) is -0.536. The van der Waals surface area contributed by atoms with E-state index in [1.807, 2.05) is 35.0 Å². The minimum Gasteiger partial charge on any atom is -0.404 e. The van der Waals surface area contributed by atoms with Crippen LogP contribution >= 0.6 is 0 Å². The zero-order chi connectivity index (χ0) is 33.0. The van der Waals surface area contributed by atoms with Gasteiger partial charge >= 0.3 is 7.12 Å². The summed E-state index contributed by atoms with van der Waals surface area (Å²) >= 11 is 0. The molecule has 6 atom stereocenters. The van der Waals surface area contributed by atoms with Crippen LogP contribution in [-0.2, 0) is 25.4 Å². The monoisotopic (exact) mass is 643 g/mol. The van der Waals surface area contributed by atoms with Crippen LogP contribution < -0.4 is 10.6 Å². The van der Waals surface area contributed by atoms with Gasteiger partial charge in [0.1, 0.15) is 5.69 Å². The molecular weight excluding hydrogens is 593 g/mol. The predicted octanol–water partition coefficient (Wildman–Crippen LogP) is 5.28. The standard InChI is InChI=1S/C36H50BN5O5/c1-23(2)17-31(37-45-30-19-25-18-29(34(25,3)4)35(30,5)46-37)40-33(44)36(20-24-11-7-6-8-12-24)21-26(41-47-36)22-38-32(43)28-15-16-39-42(28)27-13-9-10-14-27/h6-8,11-12,15-16,23,25,27,29-31H,9-10,13-14,17-22H2,1-5H3,(H,38,43)(H,40,44)/t25-,29-,30+,31-,35-,36?/m0/s1. The Bertz CT molecular complexity index is 1510. The first-order valence-electron chi connectivity index (χ1n) is 17.7. The molecule has 10 nitrogen and oxygen atoms in total. The van der Waals surface area contributed by atoms with Gasteiger partial charge in [0.05, 0.1) is 35.9 Å². The molecule has 1 aromatic carbocycles. The fourth-order valence-corrected chi connectivity index (χ4v) is 9.19.